The van der Waals surface area contributed by atoms with Gasteiger partial charge >= 0.3 is 6.18 Å². The van der Waals surface area contributed by atoms with E-state index < -0.39 is 29.8 Å². The van der Waals surface area contributed by atoms with Crippen LogP contribution in [0.15, 0.2) is 53.5 Å². The number of halogens is 3. The zero-order chi connectivity index (χ0) is 17.0. The van der Waals surface area contributed by atoms with Gasteiger partial charge in [-0.2, -0.15) is 13.2 Å². The van der Waals surface area contributed by atoms with Gasteiger partial charge in [0.1, 0.15) is 6.54 Å². The van der Waals surface area contributed by atoms with Crippen molar-refractivity contribution in [2.24, 2.45) is 0 Å². The maximum absolute atomic E-state index is 12.7. The third-order valence-electron chi connectivity index (χ3n) is 3.30. The number of carbonyl (C=O) groups excluding carboxylic acids is 1. The Hall–Kier alpha value is -2.57. The van der Waals surface area contributed by atoms with Crippen LogP contribution < -0.4 is 10.9 Å². The number of alkyl halides is 3. The summed E-state index contributed by atoms with van der Waals surface area (Å²) < 4.78 is 38.7. The number of pyridine rings is 1. The second kappa shape index (κ2) is 6.68. The number of hydrogen-bond donors (Lipinski definition) is 1. The SMILES string of the molecule is C[C@@H](NC(=O)Cn1cc(C(F)(F)F)ccc1=O)c1ccccc1. The van der Waals surface area contributed by atoms with Crippen LogP contribution in [0.25, 0.3) is 0 Å². The van der Waals surface area contributed by atoms with Crippen LogP contribution in [0.1, 0.15) is 24.1 Å². The van der Waals surface area contributed by atoms with E-state index in [2.05, 4.69) is 5.32 Å². The van der Waals surface area contributed by atoms with Gasteiger partial charge in [-0.15, -0.1) is 0 Å². The van der Waals surface area contributed by atoms with Gasteiger partial charge in [-0.25, -0.2) is 0 Å². The van der Waals surface area contributed by atoms with Gasteiger partial charge in [0, 0.05) is 12.3 Å². The van der Waals surface area contributed by atoms with Crippen LogP contribution in [-0.4, -0.2) is 10.5 Å². The highest BCUT2D eigenvalue weighted by molar-refractivity contribution is 5.76. The molecular formula is C16H15F3N2O2. The van der Waals surface area contributed by atoms with Gasteiger partial charge < -0.3 is 9.88 Å². The highest BCUT2D eigenvalue weighted by atomic mass is 19.4. The molecule has 0 fully saturated rings. The fraction of sp³-hybridized carbons (Fsp3) is 0.250. The van der Waals surface area contributed by atoms with Crippen LogP contribution in [0.5, 0.6) is 0 Å². The largest absolute Gasteiger partial charge is 0.417 e. The molecule has 0 saturated carbocycles. The Morgan fingerprint density at radius 3 is 2.43 bits per heavy atom. The number of hydrogen-bond acceptors (Lipinski definition) is 2. The first kappa shape index (κ1) is 16.8. The molecule has 1 heterocycles. The second-order valence-corrected chi connectivity index (χ2v) is 5.08. The summed E-state index contributed by atoms with van der Waals surface area (Å²) in [6.07, 6.45) is -3.92. The van der Waals surface area contributed by atoms with Crippen molar-refractivity contribution in [3.63, 3.8) is 0 Å². The molecular weight excluding hydrogens is 309 g/mol. The first-order valence-electron chi connectivity index (χ1n) is 6.89. The molecule has 7 heteroatoms. The fourth-order valence-corrected chi connectivity index (χ4v) is 2.09. The molecule has 2 aromatic rings. The van der Waals surface area contributed by atoms with E-state index in [4.69, 9.17) is 0 Å². The summed E-state index contributed by atoms with van der Waals surface area (Å²) >= 11 is 0. The lowest BCUT2D eigenvalue weighted by Gasteiger charge is -2.15. The number of rotatable bonds is 4. The zero-order valence-corrected chi connectivity index (χ0v) is 12.3. The molecule has 2 rings (SSSR count). The molecule has 0 unspecified atom stereocenters. The van der Waals surface area contributed by atoms with Gasteiger partial charge in [-0.1, -0.05) is 30.3 Å². The van der Waals surface area contributed by atoms with Crippen molar-refractivity contribution >= 4 is 5.91 Å². The second-order valence-electron chi connectivity index (χ2n) is 5.08. The van der Waals surface area contributed by atoms with Crippen molar-refractivity contribution in [1.29, 1.82) is 0 Å². The molecule has 1 aromatic carbocycles. The van der Waals surface area contributed by atoms with Crippen molar-refractivity contribution in [2.45, 2.75) is 25.7 Å². The van der Waals surface area contributed by atoms with Gasteiger partial charge in [0.2, 0.25) is 5.91 Å². The lowest BCUT2D eigenvalue weighted by atomic mass is 10.1. The van der Waals surface area contributed by atoms with Crippen LogP contribution in [0.3, 0.4) is 0 Å². The molecule has 0 saturated heterocycles. The molecule has 1 atom stereocenters. The summed E-state index contributed by atoms with van der Waals surface area (Å²) in [6, 6.07) is 10.3. The van der Waals surface area contributed by atoms with Crippen molar-refractivity contribution in [1.82, 2.24) is 9.88 Å². The number of amides is 1. The van der Waals surface area contributed by atoms with Gasteiger partial charge in [0.25, 0.3) is 5.56 Å². The smallest absolute Gasteiger partial charge is 0.348 e. The maximum atomic E-state index is 12.7. The van der Waals surface area contributed by atoms with E-state index in [1.165, 1.54) is 0 Å². The monoisotopic (exact) mass is 324 g/mol. The first-order chi connectivity index (χ1) is 10.8. The van der Waals surface area contributed by atoms with Gasteiger partial charge in [-0.05, 0) is 18.6 Å². The van der Waals surface area contributed by atoms with E-state index in [0.29, 0.717) is 12.3 Å². The van der Waals surface area contributed by atoms with Crippen molar-refractivity contribution in [2.75, 3.05) is 0 Å². The summed E-state index contributed by atoms with van der Waals surface area (Å²) in [5.74, 6) is -0.539. The molecule has 4 nitrogen and oxygen atoms in total. The molecule has 122 valence electrons. The van der Waals surface area contributed by atoms with Crippen molar-refractivity contribution in [3.05, 3.63) is 70.1 Å². The van der Waals surface area contributed by atoms with Gasteiger partial charge in [-0.3, -0.25) is 9.59 Å². The minimum absolute atomic E-state index is 0.315. The molecule has 0 radical (unpaired) electrons. The van der Waals surface area contributed by atoms with E-state index in [0.717, 1.165) is 16.2 Å². The topological polar surface area (TPSA) is 51.1 Å². The Kier molecular flexibility index (Phi) is 4.88. The first-order valence-corrected chi connectivity index (χ1v) is 6.89. The summed E-state index contributed by atoms with van der Waals surface area (Å²) in [5.41, 5.74) is -0.779. The predicted molar refractivity (Wildman–Crippen MR) is 78.7 cm³/mol. The highest BCUT2D eigenvalue weighted by Gasteiger charge is 2.31. The Bertz CT molecular complexity index is 739. The summed E-state index contributed by atoms with van der Waals surface area (Å²) in [7, 11) is 0. The van der Waals surface area contributed by atoms with Crippen LogP contribution in [0, 0.1) is 0 Å². The minimum atomic E-state index is -4.57. The third-order valence-corrected chi connectivity index (χ3v) is 3.30. The van der Waals surface area contributed by atoms with Crippen molar-refractivity contribution in [3.8, 4) is 0 Å². The molecule has 0 aliphatic rings. The molecule has 1 aromatic heterocycles. The van der Waals surface area contributed by atoms with E-state index in [9.17, 15) is 22.8 Å². The molecule has 0 aliphatic heterocycles. The zero-order valence-electron chi connectivity index (χ0n) is 12.3. The molecule has 0 spiro atoms. The average Bonchev–Trinajstić information content (AvgIpc) is 2.49. The quantitative estimate of drug-likeness (QED) is 0.940. The number of aromatic nitrogens is 1. The minimum Gasteiger partial charge on any atom is -0.348 e. The number of nitrogens with one attached hydrogen (secondary N) is 1. The molecule has 23 heavy (non-hydrogen) atoms. The highest BCUT2D eigenvalue weighted by Crippen LogP contribution is 2.27. The summed E-state index contributed by atoms with van der Waals surface area (Å²) in [6.45, 7) is 1.28. The van der Waals surface area contributed by atoms with Gasteiger partial charge in [0.05, 0.1) is 11.6 Å². The fourth-order valence-electron chi connectivity index (χ4n) is 2.09. The van der Waals surface area contributed by atoms with Crippen LogP contribution in [0.4, 0.5) is 13.2 Å². The molecule has 0 aliphatic carbocycles. The Morgan fingerprint density at radius 1 is 1.17 bits per heavy atom. The summed E-state index contributed by atoms with van der Waals surface area (Å²) in [4.78, 5) is 23.6. The maximum Gasteiger partial charge on any atom is 0.417 e. The number of carbonyl (C=O) groups is 1. The van der Waals surface area contributed by atoms with Crippen LogP contribution >= 0.6 is 0 Å². The Morgan fingerprint density at radius 2 is 1.83 bits per heavy atom. The standard InChI is InChI=1S/C16H15F3N2O2/c1-11(12-5-3-2-4-6-12)20-14(22)10-21-9-13(16(17,18)19)7-8-15(21)23/h2-9,11H,10H2,1H3,(H,20,22)/t11-/m1/s1. The number of nitrogens with zero attached hydrogens (tertiary/aromatic N) is 1. The van der Waals surface area contributed by atoms with E-state index >= 15 is 0 Å². The van der Waals surface area contributed by atoms with E-state index in [-0.39, 0.29) is 6.04 Å². The average molecular weight is 324 g/mol. The molecule has 0 bridgehead atoms. The molecule has 1 N–H and O–H groups in total. The predicted octanol–water partition coefficient (Wildman–Crippen LogP) is 2.74. The normalized spacial score (nSPS) is 12.7. The van der Waals surface area contributed by atoms with Crippen LogP contribution in [-0.2, 0) is 17.5 Å². The van der Waals surface area contributed by atoms with E-state index in [1.807, 2.05) is 30.3 Å². The van der Waals surface area contributed by atoms with Crippen LogP contribution in [0.2, 0.25) is 0 Å². The lowest BCUT2D eigenvalue weighted by molar-refractivity contribution is -0.138. The summed E-state index contributed by atoms with van der Waals surface area (Å²) in [5, 5.41) is 2.65. The Labute approximate surface area is 130 Å². The molecule has 1 amide bonds. The van der Waals surface area contributed by atoms with Crippen molar-refractivity contribution < 1.29 is 18.0 Å². The van der Waals surface area contributed by atoms with E-state index in [1.54, 1.807) is 6.92 Å². The Balaban J connectivity index is 2.10. The third kappa shape index (κ3) is 4.45. The number of benzene rings is 1. The van der Waals surface area contributed by atoms with Gasteiger partial charge in [0.15, 0.2) is 0 Å². The lowest BCUT2D eigenvalue weighted by Crippen LogP contribution is -2.34.